The van der Waals surface area contributed by atoms with Crippen molar-refractivity contribution < 1.29 is 0 Å². The summed E-state index contributed by atoms with van der Waals surface area (Å²) in [6.07, 6.45) is 4.11. The van der Waals surface area contributed by atoms with Crippen LogP contribution in [-0.2, 0) is 6.42 Å². The summed E-state index contributed by atoms with van der Waals surface area (Å²) in [6, 6.07) is 3.83. The number of aryl methyl sites for hydroxylation is 2. The average molecular weight is 209 g/mol. The summed E-state index contributed by atoms with van der Waals surface area (Å²) in [5.41, 5.74) is 3.36. The molecule has 74 valence electrons. The van der Waals surface area contributed by atoms with E-state index in [-0.39, 0.29) is 0 Å². The second kappa shape index (κ2) is 3.62. The zero-order valence-electron chi connectivity index (χ0n) is 8.42. The Kier molecular flexibility index (Phi) is 2.46. The van der Waals surface area contributed by atoms with Crippen LogP contribution in [0.2, 0.25) is 5.02 Å². The highest BCUT2D eigenvalue weighted by molar-refractivity contribution is 6.30. The summed E-state index contributed by atoms with van der Waals surface area (Å²) in [4.78, 5) is 4.48. The highest BCUT2D eigenvalue weighted by atomic mass is 35.5. The molecule has 2 heterocycles. The number of nitrogens with zero attached hydrogens (tertiary/aromatic N) is 2. The van der Waals surface area contributed by atoms with Crippen LogP contribution in [0.25, 0.3) is 5.65 Å². The van der Waals surface area contributed by atoms with Crippen molar-refractivity contribution >= 4 is 17.2 Å². The normalized spacial score (nSPS) is 11.1. The molecule has 0 spiro atoms. The minimum atomic E-state index is 0.757. The topological polar surface area (TPSA) is 17.3 Å². The van der Waals surface area contributed by atoms with Gasteiger partial charge in [-0.25, -0.2) is 4.98 Å². The number of rotatable bonds is 2. The minimum absolute atomic E-state index is 0.757. The van der Waals surface area contributed by atoms with E-state index in [0.29, 0.717) is 0 Å². The van der Waals surface area contributed by atoms with Gasteiger partial charge in [-0.1, -0.05) is 24.9 Å². The summed E-state index contributed by atoms with van der Waals surface area (Å²) < 4.78 is 2.08. The molecule has 0 saturated heterocycles. The third kappa shape index (κ3) is 1.50. The van der Waals surface area contributed by atoms with Crippen LogP contribution in [0.15, 0.2) is 18.3 Å². The molecule has 2 aromatic rings. The zero-order valence-corrected chi connectivity index (χ0v) is 9.17. The number of halogens is 1. The van der Waals surface area contributed by atoms with Gasteiger partial charge < -0.3 is 4.40 Å². The molecule has 0 aliphatic heterocycles. The Bertz CT molecular complexity index is 460. The summed E-state index contributed by atoms with van der Waals surface area (Å²) >= 11 is 5.95. The molecule has 0 atom stereocenters. The summed E-state index contributed by atoms with van der Waals surface area (Å²) in [7, 11) is 0. The second-order valence-electron chi connectivity index (χ2n) is 3.47. The average Bonchev–Trinajstić information content (AvgIpc) is 2.45. The Morgan fingerprint density at radius 2 is 2.21 bits per heavy atom. The SMILES string of the molecule is CCCc1c(C)nc2ccc(Cl)cn12. The maximum atomic E-state index is 5.95. The fourth-order valence-electron chi connectivity index (χ4n) is 1.72. The zero-order chi connectivity index (χ0) is 10.1. The van der Waals surface area contributed by atoms with Crippen LogP contribution in [0.1, 0.15) is 24.7 Å². The van der Waals surface area contributed by atoms with E-state index < -0.39 is 0 Å². The van der Waals surface area contributed by atoms with Gasteiger partial charge in [-0.2, -0.15) is 0 Å². The molecule has 2 aromatic heterocycles. The molecule has 0 bridgehead atoms. The fraction of sp³-hybridized carbons (Fsp3) is 0.364. The van der Waals surface area contributed by atoms with E-state index in [9.17, 15) is 0 Å². The number of aromatic nitrogens is 2. The van der Waals surface area contributed by atoms with E-state index in [1.54, 1.807) is 0 Å². The number of hydrogen-bond donors (Lipinski definition) is 0. The Balaban J connectivity index is 2.66. The van der Waals surface area contributed by atoms with Crippen LogP contribution in [0.3, 0.4) is 0 Å². The number of fused-ring (bicyclic) bond motifs is 1. The maximum absolute atomic E-state index is 5.95. The molecule has 14 heavy (non-hydrogen) atoms. The monoisotopic (exact) mass is 208 g/mol. The van der Waals surface area contributed by atoms with Gasteiger partial charge in [-0.3, -0.25) is 0 Å². The maximum Gasteiger partial charge on any atom is 0.137 e. The van der Waals surface area contributed by atoms with Crippen molar-refractivity contribution in [2.24, 2.45) is 0 Å². The molecule has 0 N–H and O–H groups in total. The van der Waals surface area contributed by atoms with E-state index in [0.717, 1.165) is 29.2 Å². The molecular formula is C11H13ClN2. The van der Waals surface area contributed by atoms with Crippen LogP contribution in [0, 0.1) is 6.92 Å². The van der Waals surface area contributed by atoms with Crippen molar-refractivity contribution in [3.05, 3.63) is 34.7 Å². The molecule has 0 amide bonds. The molecule has 2 rings (SSSR count). The van der Waals surface area contributed by atoms with Gasteiger partial charge in [0, 0.05) is 11.9 Å². The molecular weight excluding hydrogens is 196 g/mol. The van der Waals surface area contributed by atoms with Gasteiger partial charge >= 0.3 is 0 Å². The molecule has 0 saturated carbocycles. The van der Waals surface area contributed by atoms with Crippen LogP contribution >= 0.6 is 11.6 Å². The van der Waals surface area contributed by atoms with Crippen LogP contribution in [-0.4, -0.2) is 9.38 Å². The van der Waals surface area contributed by atoms with E-state index >= 15 is 0 Å². The molecule has 0 aliphatic carbocycles. The van der Waals surface area contributed by atoms with Crippen molar-refractivity contribution in [2.75, 3.05) is 0 Å². The molecule has 0 aromatic carbocycles. The third-order valence-electron chi connectivity index (χ3n) is 2.37. The first-order chi connectivity index (χ1) is 6.72. The Morgan fingerprint density at radius 3 is 2.93 bits per heavy atom. The predicted octanol–water partition coefficient (Wildman–Crippen LogP) is 3.25. The first kappa shape index (κ1) is 9.53. The predicted molar refractivity (Wildman–Crippen MR) is 58.9 cm³/mol. The van der Waals surface area contributed by atoms with Crippen molar-refractivity contribution in [3.8, 4) is 0 Å². The van der Waals surface area contributed by atoms with Crippen LogP contribution in [0.5, 0.6) is 0 Å². The molecule has 0 unspecified atom stereocenters. The highest BCUT2D eigenvalue weighted by Gasteiger charge is 2.07. The van der Waals surface area contributed by atoms with E-state index in [4.69, 9.17) is 11.6 Å². The van der Waals surface area contributed by atoms with E-state index in [1.165, 1.54) is 5.69 Å². The van der Waals surface area contributed by atoms with Crippen molar-refractivity contribution in [1.29, 1.82) is 0 Å². The number of hydrogen-bond acceptors (Lipinski definition) is 1. The molecule has 2 nitrogen and oxygen atoms in total. The lowest BCUT2D eigenvalue weighted by molar-refractivity contribution is 0.858. The van der Waals surface area contributed by atoms with Crippen LogP contribution in [0.4, 0.5) is 0 Å². The molecule has 0 aliphatic rings. The first-order valence-corrected chi connectivity index (χ1v) is 5.23. The quantitative estimate of drug-likeness (QED) is 0.741. The Hall–Kier alpha value is -1.02. The van der Waals surface area contributed by atoms with Gasteiger partial charge in [-0.15, -0.1) is 0 Å². The largest absolute Gasteiger partial charge is 0.302 e. The summed E-state index contributed by atoms with van der Waals surface area (Å²) in [5, 5.41) is 0.757. The molecule has 3 heteroatoms. The Labute approximate surface area is 88.5 Å². The minimum Gasteiger partial charge on any atom is -0.302 e. The van der Waals surface area contributed by atoms with E-state index in [2.05, 4.69) is 16.3 Å². The van der Waals surface area contributed by atoms with Crippen molar-refractivity contribution in [3.63, 3.8) is 0 Å². The van der Waals surface area contributed by atoms with Gasteiger partial charge in [0.2, 0.25) is 0 Å². The standard InChI is InChI=1S/C11H13ClN2/c1-3-4-10-8(2)13-11-6-5-9(12)7-14(10)11/h5-7H,3-4H2,1-2H3. The summed E-state index contributed by atoms with van der Waals surface area (Å²) in [5.74, 6) is 0. The summed E-state index contributed by atoms with van der Waals surface area (Å²) in [6.45, 7) is 4.22. The van der Waals surface area contributed by atoms with Gasteiger partial charge in [0.1, 0.15) is 5.65 Å². The van der Waals surface area contributed by atoms with E-state index in [1.807, 2.05) is 25.3 Å². The van der Waals surface area contributed by atoms with Gasteiger partial charge in [0.15, 0.2) is 0 Å². The lowest BCUT2D eigenvalue weighted by atomic mass is 10.2. The molecule has 0 fully saturated rings. The lowest BCUT2D eigenvalue weighted by Crippen LogP contribution is -1.93. The van der Waals surface area contributed by atoms with Crippen molar-refractivity contribution in [1.82, 2.24) is 9.38 Å². The van der Waals surface area contributed by atoms with Crippen molar-refractivity contribution in [2.45, 2.75) is 26.7 Å². The second-order valence-corrected chi connectivity index (χ2v) is 3.91. The number of imidazole rings is 1. The first-order valence-electron chi connectivity index (χ1n) is 4.85. The smallest absolute Gasteiger partial charge is 0.137 e. The van der Waals surface area contributed by atoms with Crippen LogP contribution < -0.4 is 0 Å². The third-order valence-corrected chi connectivity index (χ3v) is 2.59. The van der Waals surface area contributed by atoms with Gasteiger partial charge in [-0.05, 0) is 25.5 Å². The van der Waals surface area contributed by atoms with Gasteiger partial charge in [0.25, 0.3) is 0 Å². The number of pyridine rings is 1. The van der Waals surface area contributed by atoms with Gasteiger partial charge in [0.05, 0.1) is 10.7 Å². The Morgan fingerprint density at radius 1 is 1.43 bits per heavy atom. The fourth-order valence-corrected chi connectivity index (χ4v) is 1.88. The lowest BCUT2D eigenvalue weighted by Gasteiger charge is -2.00. The highest BCUT2D eigenvalue weighted by Crippen LogP contribution is 2.17. The molecule has 0 radical (unpaired) electrons.